The third-order valence-electron chi connectivity index (χ3n) is 4.02. The van der Waals surface area contributed by atoms with Crippen molar-refractivity contribution in [3.63, 3.8) is 0 Å². The first-order valence-electron chi connectivity index (χ1n) is 8.76. The van der Waals surface area contributed by atoms with Crippen LogP contribution in [0.2, 0.25) is 0 Å². The SMILES string of the molecule is O=C(CC(=O)C(F)(F)F)c1ccc(C#Cc2cccc(C(=O)CC(=O)C(F)(F)F)c2)cc1. The van der Waals surface area contributed by atoms with Crippen molar-refractivity contribution in [1.82, 2.24) is 0 Å². The molecule has 0 aliphatic rings. The zero-order valence-corrected chi connectivity index (χ0v) is 15.9. The van der Waals surface area contributed by atoms with Crippen LogP contribution in [0.15, 0.2) is 48.5 Å². The first-order valence-corrected chi connectivity index (χ1v) is 8.76. The number of carbonyl (C=O) groups is 4. The molecule has 4 nitrogen and oxygen atoms in total. The third kappa shape index (κ3) is 6.91. The normalized spacial score (nSPS) is 11.3. The van der Waals surface area contributed by atoms with Gasteiger partial charge in [0.15, 0.2) is 11.6 Å². The van der Waals surface area contributed by atoms with Crippen LogP contribution in [-0.4, -0.2) is 35.5 Å². The van der Waals surface area contributed by atoms with Crippen LogP contribution < -0.4 is 0 Å². The first-order chi connectivity index (χ1) is 14.8. The Hall–Kier alpha value is -3.74. The van der Waals surface area contributed by atoms with Gasteiger partial charge in [0.25, 0.3) is 0 Å². The molecule has 2 rings (SSSR count). The van der Waals surface area contributed by atoms with E-state index in [0.29, 0.717) is 5.56 Å². The van der Waals surface area contributed by atoms with Crippen molar-refractivity contribution in [2.45, 2.75) is 25.2 Å². The quantitative estimate of drug-likeness (QED) is 0.279. The molecule has 0 heterocycles. The largest absolute Gasteiger partial charge is 0.450 e. The Kier molecular flexibility index (Phi) is 7.36. The van der Waals surface area contributed by atoms with Gasteiger partial charge in [-0.25, -0.2) is 0 Å². The van der Waals surface area contributed by atoms with Crippen LogP contribution >= 0.6 is 0 Å². The van der Waals surface area contributed by atoms with Gasteiger partial charge in [0.05, 0.1) is 12.8 Å². The number of rotatable bonds is 6. The first kappa shape index (κ1) is 24.5. The number of alkyl halides is 6. The molecule has 0 fully saturated rings. The average Bonchev–Trinajstić information content (AvgIpc) is 2.71. The van der Waals surface area contributed by atoms with Gasteiger partial charge < -0.3 is 0 Å². The topological polar surface area (TPSA) is 68.3 Å². The minimum absolute atomic E-state index is 0.116. The Bertz CT molecular complexity index is 1120. The third-order valence-corrected chi connectivity index (χ3v) is 4.02. The molecule has 32 heavy (non-hydrogen) atoms. The lowest BCUT2D eigenvalue weighted by Gasteiger charge is -2.05. The number of Topliss-reactive ketones (excluding diaryl/α,β-unsaturated/α-hetero) is 4. The molecule has 0 aromatic heterocycles. The van der Waals surface area contributed by atoms with Crippen LogP contribution in [0.4, 0.5) is 26.3 Å². The van der Waals surface area contributed by atoms with Gasteiger partial charge in [-0.3, -0.25) is 19.2 Å². The number of hydrogen-bond acceptors (Lipinski definition) is 4. The molecule has 0 amide bonds. The zero-order chi connectivity index (χ0) is 24.1. The Morgan fingerprint density at radius 3 is 1.59 bits per heavy atom. The van der Waals surface area contributed by atoms with Gasteiger partial charge in [-0.05, 0) is 24.3 Å². The molecule has 0 unspecified atom stereocenters. The highest BCUT2D eigenvalue weighted by Crippen LogP contribution is 2.20. The van der Waals surface area contributed by atoms with Gasteiger partial charge in [-0.1, -0.05) is 36.1 Å². The molecule has 10 heteroatoms. The molecule has 166 valence electrons. The maximum atomic E-state index is 12.3. The molecule has 0 spiro atoms. The van der Waals surface area contributed by atoms with E-state index in [1.807, 2.05) is 0 Å². The highest BCUT2D eigenvalue weighted by molar-refractivity contribution is 6.10. The van der Waals surface area contributed by atoms with E-state index >= 15 is 0 Å². The smallest absolute Gasteiger partial charge is 0.294 e. The Morgan fingerprint density at radius 2 is 1.09 bits per heavy atom. The lowest BCUT2D eigenvalue weighted by molar-refractivity contribution is -0.170. The minimum Gasteiger partial charge on any atom is -0.294 e. The summed E-state index contributed by atoms with van der Waals surface area (Å²) in [5, 5.41) is 0. The molecule has 0 bridgehead atoms. The van der Waals surface area contributed by atoms with E-state index in [0.717, 1.165) is 0 Å². The van der Waals surface area contributed by atoms with E-state index in [2.05, 4.69) is 11.8 Å². The highest BCUT2D eigenvalue weighted by atomic mass is 19.4. The van der Waals surface area contributed by atoms with Crippen LogP contribution in [-0.2, 0) is 9.59 Å². The van der Waals surface area contributed by atoms with Crippen LogP contribution in [0.5, 0.6) is 0 Å². The number of benzene rings is 2. The molecule has 2 aromatic carbocycles. The van der Waals surface area contributed by atoms with Crippen molar-refractivity contribution in [3.8, 4) is 11.8 Å². The van der Waals surface area contributed by atoms with Gasteiger partial charge >= 0.3 is 12.4 Å². The van der Waals surface area contributed by atoms with Crippen molar-refractivity contribution in [2.24, 2.45) is 0 Å². The summed E-state index contributed by atoms with van der Waals surface area (Å²) in [4.78, 5) is 45.5. The van der Waals surface area contributed by atoms with E-state index in [9.17, 15) is 45.5 Å². The average molecular weight is 454 g/mol. The van der Waals surface area contributed by atoms with E-state index in [1.54, 1.807) is 0 Å². The fourth-order valence-electron chi connectivity index (χ4n) is 2.35. The predicted molar refractivity (Wildman–Crippen MR) is 98.9 cm³/mol. The summed E-state index contributed by atoms with van der Waals surface area (Å²) in [5.74, 6) is -1.05. The summed E-state index contributed by atoms with van der Waals surface area (Å²) in [6.45, 7) is 0. The van der Waals surface area contributed by atoms with Gasteiger partial charge in [-0.2, -0.15) is 26.3 Å². The number of carbonyl (C=O) groups excluding carboxylic acids is 4. The number of ketones is 4. The standard InChI is InChI=1S/C22H12F6O4/c23-21(24,25)19(31)11-17(29)15-8-6-13(7-9-15)4-5-14-2-1-3-16(10-14)18(30)12-20(32)22(26,27)28/h1-3,6-10H,11-12H2. The molecular weight excluding hydrogens is 442 g/mol. The molecule has 0 aliphatic heterocycles. The Morgan fingerprint density at radius 1 is 0.625 bits per heavy atom. The zero-order valence-electron chi connectivity index (χ0n) is 15.9. The fourth-order valence-corrected chi connectivity index (χ4v) is 2.35. The maximum absolute atomic E-state index is 12.3. The van der Waals surface area contributed by atoms with Crippen molar-refractivity contribution in [1.29, 1.82) is 0 Å². The summed E-state index contributed by atoms with van der Waals surface area (Å²) in [7, 11) is 0. The van der Waals surface area contributed by atoms with E-state index in [4.69, 9.17) is 0 Å². The van der Waals surface area contributed by atoms with E-state index in [1.165, 1.54) is 48.5 Å². The molecule has 0 aliphatic carbocycles. The van der Waals surface area contributed by atoms with Crippen molar-refractivity contribution >= 4 is 23.1 Å². The highest BCUT2D eigenvalue weighted by Gasteiger charge is 2.40. The van der Waals surface area contributed by atoms with Gasteiger partial charge in [0.2, 0.25) is 11.6 Å². The number of hydrogen-bond donors (Lipinski definition) is 0. The maximum Gasteiger partial charge on any atom is 0.450 e. The summed E-state index contributed by atoms with van der Waals surface area (Å²) < 4.78 is 73.6. The predicted octanol–water partition coefficient (Wildman–Crippen LogP) is 4.49. The van der Waals surface area contributed by atoms with Crippen molar-refractivity contribution in [3.05, 3.63) is 70.8 Å². The minimum atomic E-state index is -5.11. The van der Waals surface area contributed by atoms with Gasteiger partial charge in [0.1, 0.15) is 0 Å². The van der Waals surface area contributed by atoms with Gasteiger partial charge in [0, 0.05) is 22.3 Å². The molecule has 0 saturated heterocycles. The van der Waals surface area contributed by atoms with E-state index < -0.39 is 48.3 Å². The van der Waals surface area contributed by atoms with Gasteiger partial charge in [-0.15, -0.1) is 0 Å². The Labute approximate surface area is 177 Å². The second kappa shape index (κ2) is 9.60. The van der Waals surface area contributed by atoms with Crippen LogP contribution in [0.3, 0.4) is 0 Å². The second-order valence-corrected chi connectivity index (χ2v) is 6.45. The van der Waals surface area contributed by atoms with Crippen LogP contribution in [0.25, 0.3) is 0 Å². The van der Waals surface area contributed by atoms with Crippen LogP contribution in [0, 0.1) is 11.8 Å². The van der Waals surface area contributed by atoms with Crippen molar-refractivity contribution in [2.75, 3.05) is 0 Å². The van der Waals surface area contributed by atoms with Crippen LogP contribution in [0.1, 0.15) is 44.7 Å². The lowest BCUT2D eigenvalue weighted by Crippen LogP contribution is -2.25. The monoisotopic (exact) mass is 454 g/mol. The molecule has 0 atom stereocenters. The summed E-state index contributed by atoms with van der Waals surface area (Å²) in [6, 6.07) is 10.3. The Balaban J connectivity index is 2.10. The lowest BCUT2D eigenvalue weighted by atomic mass is 10.0. The molecule has 0 N–H and O–H groups in total. The molecule has 2 aromatic rings. The van der Waals surface area contributed by atoms with Crippen molar-refractivity contribution < 1.29 is 45.5 Å². The molecule has 0 radical (unpaired) electrons. The molecule has 0 saturated carbocycles. The molecular formula is C22H12F6O4. The summed E-state index contributed by atoms with van der Waals surface area (Å²) in [6.07, 6.45) is -12.9. The van der Waals surface area contributed by atoms with E-state index in [-0.39, 0.29) is 16.7 Å². The summed E-state index contributed by atoms with van der Waals surface area (Å²) in [5.41, 5.74) is 0.346. The second-order valence-electron chi connectivity index (χ2n) is 6.45. The summed E-state index contributed by atoms with van der Waals surface area (Å²) >= 11 is 0. The fraction of sp³-hybridized carbons (Fsp3) is 0.182. The number of halogens is 6.